The van der Waals surface area contributed by atoms with E-state index in [2.05, 4.69) is 31.9 Å². The van der Waals surface area contributed by atoms with E-state index in [-0.39, 0.29) is 0 Å². The molecule has 0 aromatic carbocycles. The highest BCUT2D eigenvalue weighted by Crippen LogP contribution is 2.20. The molecule has 0 spiro atoms. The minimum absolute atomic E-state index is 1.03. The van der Waals surface area contributed by atoms with Gasteiger partial charge < -0.3 is 4.57 Å². The van der Waals surface area contributed by atoms with Crippen LogP contribution in [0, 0.1) is 0 Å². The van der Waals surface area contributed by atoms with E-state index in [9.17, 15) is 0 Å². The summed E-state index contributed by atoms with van der Waals surface area (Å²) in [6, 6.07) is 1.04. The average Bonchev–Trinajstić information content (AvgIpc) is 2.06. The van der Waals surface area contributed by atoms with Crippen molar-refractivity contribution < 1.29 is 0 Å². The summed E-state index contributed by atoms with van der Waals surface area (Å²) in [4.78, 5) is 0. The number of nitrogens with zero attached hydrogens (tertiary/aromatic N) is 1. The minimum atomic E-state index is -1.76. The molecule has 11 heavy (non-hydrogen) atoms. The summed E-state index contributed by atoms with van der Waals surface area (Å²) in [5.41, 5.74) is 1.96. The first-order valence-corrected chi connectivity index (χ1v) is 7.46. The zero-order valence-electron chi connectivity index (χ0n) is 7.73. The van der Waals surface area contributed by atoms with Crippen molar-refractivity contribution >= 4 is 18.6 Å². The van der Waals surface area contributed by atoms with E-state index in [0.717, 1.165) is 19.1 Å². The number of rotatable bonds is 5. The average molecular weight is 192 g/mol. The molecule has 0 saturated heterocycles. The number of hydrogen-bond acceptors (Lipinski definition) is 1. The van der Waals surface area contributed by atoms with Crippen LogP contribution in [0.5, 0.6) is 0 Å². The first-order valence-electron chi connectivity index (χ1n) is 4.22. The van der Waals surface area contributed by atoms with Crippen molar-refractivity contribution in [3.05, 3.63) is 12.3 Å². The van der Waals surface area contributed by atoms with Crippen molar-refractivity contribution in [2.24, 2.45) is 0 Å². The Kier molecular flexibility index (Phi) is 5.05. The highest BCUT2D eigenvalue weighted by molar-refractivity contribution is 7.21. The summed E-state index contributed by atoms with van der Waals surface area (Å²) in [7, 11) is -1.76. The Morgan fingerprint density at radius 1 is 1.36 bits per heavy atom. The fraction of sp³-hybridized carbons (Fsp3) is 0.750. The molecular formula is C8H18ClNSi. The molecule has 1 unspecified atom stereocenters. The van der Waals surface area contributed by atoms with Crippen molar-refractivity contribution in [3.8, 4) is 0 Å². The SMILES string of the molecule is C=C[Si](Cl)(CC)N(CC)CC. The Morgan fingerprint density at radius 3 is 1.91 bits per heavy atom. The summed E-state index contributed by atoms with van der Waals surface area (Å²) < 4.78 is 2.33. The molecule has 0 N–H and O–H groups in total. The van der Waals surface area contributed by atoms with E-state index in [1.807, 2.05) is 5.70 Å². The van der Waals surface area contributed by atoms with Crippen LogP contribution in [0.15, 0.2) is 12.3 Å². The first-order chi connectivity index (χ1) is 5.14. The van der Waals surface area contributed by atoms with Crippen molar-refractivity contribution in [2.75, 3.05) is 13.1 Å². The number of hydrogen-bond donors (Lipinski definition) is 0. The largest absolute Gasteiger partial charge is 0.309 e. The van der Waals surface area contributed by atoms with Gasteiger partial charge in [0.2, 0.25) is 0 Å². The molecule has 0 amide bonds. The standard InChI is InChI=1S/C8H18ClNSi/c1-5-10(6-2)11(9,7-3)8-4/h7H,3,5-6,8H2,1-2,4H3. The van der Waals surface area contributed by atoms with Crippen LogP contribution in [-0.2, 0) is 0 Å². The summed E-state index contributed by atoms with van der Waals surface area (Å²) >= 11 is 6.42. The highest BCUT2D eigenvalue weighted by atomic mass is 35.6. The third kappa shape index (κ3) is 2.62. The third-order valence-electron chi connectivity index (χ3n) is 2.10. The first kappa shape index (κ1) is 11.2. The van der Waals surface area contributed by atoms with E-state index in [1.54, 1.807) is 0 Å². The van der Waals surface area contributed by atoms with Crippen LogP contribution < -0.4 is 0 Å². The molecule has 0 aliphatic carbocycles. The van der Waals surface area contributed by atoms with Gasteiger partial charge in [0.25, 0.3) is 7.55 Å². The lowest BCUT2D eigenvalue weighted by Crippen LogP contribution is -2.47. The monoisotopic (exact) mass is 191 g/mol. The van der Waals surface area contributed by atoms with Gasteiger partial charge in [0.1, 0.15) is 0 Å². The van der Waals surface area contributed by atoms with Crippen molar-refractivity contribution in [2.45, 2.75) is 26.8 Å². The zero-order valence-corrected chi connectivity index (χ0v) is 9.49. The molecule has 0 radical (unpaired) electrons. The van der Waals surface area contributed by atoms with Gasteiger partial charge in [-0.2, -0.15) is 0 Å². The fourth-order valence-corrected chi connectivity index (χ4v) is 4.01. The second-order valence-electron chi connectivity index (χ2n) is 2.55. The molecule has 1 nitrogen and oxygen atoms in total. The van der Waals surface area contributed by atoms with Gasteiger partial charge in [-0.3, -0.25) is 0 Å². The van der Waals surface area contributed by atoms with E-state index >= 15 is 0 Å². The van der Waals surface area contributed by atoms with Gasteiger partial charge in [-0.05, 0) is 19.1 Å². The zero-order chi connectivity index (χ0) is 8.91. The van der Waals surface area contributed by atoms with Gasteiger partial charge in [0.05, 0.1) is 0 Å². The van der Waals surface area contributed by atoms with Crippen LogP contribution in [0.2, 0.25) is 6.04 Å². The predicted molar refractivity (Wildman–Crippen MR) is 55.2 cm³/mol. The minimum Gasteiger partial charge on any atom is -0.309 e. The molecule has 0 aromatic heterocycles. The van der Waals surface area contributed by atoms with Gasteiger partial charge in [-0.1, -0.05) is 26.5 Å². The molecule has 0 saturated carbocycles. The van der Waals surface area contributed by atoms with E-state index in [1.165, 1.54) is 0 Å². The van der Waals surface area contributed by atoms with Crippen LogP contribution in [-0.4, -0.2) is 25.2 Å². The number of halogens is 1. The Hall–Kier alpha value is 0.207. The predicted octanol–water partition coefficient (Wildman–Crippen LogP) is 2.75. The smallest absolute Gasteiger partial charge is 0.252 e. The molecule has 0 rings (SSSR count). The highest BCUT2D eigenvalue weighted by Gasteiger charge is 2.30. The van der Waals surface area contributed by atoms with E-state index in [0.29, 0.717) is 0 Å². The van der Waals surface area contributed by atoms with E-state index < -0.39 is 7.55 Å². The van der Waals surface area contributed by atoms with Crippen LogP contribution in [0.4, 0.5) is 0 Å². The second kappa shape index (κ2) is 4.96. The van der Waals surface area contributed by atoms with E-state index in [4.69, 9.17) is 11.1 Å². The van der Waals surface area contributed by atoms with Crippen LogP contribution >= 0.6 is 11.1 Å². The van der Waals surface area contributed by atoms with Gasteiger partial charge >= 0.3 is 0 Å². The molecule has 0 fully saturated rings. The molecule has 3 heteroatoms. The summed E-state index contributed by atoms with van der Waals surface area (Å²) in [6.45, 7) is 12.3. The van der Waals surface area contributed by atoms with Crippen LogP contribution in [0.3, 0.4) is 0 Å². The third-order valence-corrected chi connectivity index (χ3v) is 7.38. The van der Waals surface area contributed by atoms with Gasteiger partial charge in [0.15, 0.2) is 0 Å². The van der Waals surface area contributed by atoms with Crippen molar-refractivity contribution in [3.63, 3.8) is 0 Å². The van der Waals surface area contributed by atoms with Gasteiger partial charge in [-0.25, -0.2) is 0 Å². The Balaban J connectivity index is 4.31. The lowest BCUT2D eigenvalue weighted by molar-refractivity contribution is 0.478. The lowest BCUT2D eigenvalue weighted by atomic mass is 10.7. The van der Waals surface area contributed by atoms with Crippen LogP contribution in [0.25, 0.3) is 0 Å². The molecule has 0 aliphatic heterocycles. The Labute approximate surface area is 75.8 Å². The van der Waals surface area contributed by atoms with Crippen LogP contribution in [0.1, 0.15) is 20.8 Å². The molecule has 0 bridgehead atoms. The lowest BCUT2D eigenvalue weighted by Gasteiger charge is -2.31. The fourth-order valence-electron chi connectivity index (χ4n) is 1.25. The Bertz CT molecular complexity index is 125. The molecule has 1 atom stereocenters. The summed E-state index contributed by atoms with van der Waals surface area (Å²) in [5.74, 6) is 0. The molecule has 66 valence electrons. The van der Waals surface area contributed by atoms with Crippen molar-refractivity contribution in [1.29, 1.82) is 0 Å². The van der Waals surface area contributed by atoms with Gasteiger partial charge in [-0.15, -0.1) is 17.7 Å². The van der Waals surface area contributed by atoms with Crippen molar-refractivity contribution in [1.82, 2.24) is 4.57 Å². The quantitative estimate of drug-likeness (QED) is 0.477. The Morgan fingerprint density at radius 2 is 1.82 bits per heavy atom. The molecule has 0 heterocycles. The maximum absolute atomic E-state index is 6.42. The molecule has 0 aromatic rings. The molecular weight excluding hydrogens is 174 g/mol. The maximum Gasteiger partial charge on any atom is 0.252 e. The normalized spacial score (nSPS) is 16.5. The second-order valence-corrected chi connectivity index (χ2v) is 7.90. The topological polar surface area (TPSA) is 3.24 Å². The van der Waals surface area contributed by atoms with Gasteiger partial charge in [0, 0.05) is 0 Å². The maximum atomic E-state index is 6.42. The molecule has 0 aliphatic rings. The summed E-state index contributed by atoms with van der Waals surface area (Å²) in [6.07, 6.45) is 0. The summed E-state index contributed by atoms with van der Waals surface area (Å²) in [5, 5.41) is 0.